The van der Waals surface area contributed by atoms with E-state index in [0.717, 1.165) is 10.5 Å². The van der Waals surface area contributed by atoms with Gasteiger partial charge in [-0.15, -0.1) is 0 Å². The molecule has 0 aliphatic carbocycles. The standard InChI is InChI=1S/C18H14Cl2N2O3/c1-10-3-6-12(7-4-10)22-17(23)15(20)16(18(22)24)21-13-9-11(19)5-8-14(13)25-2/h3-9,21H,1-2H3. The average molecular weight is 377 g/mol. The average Bonchev–Trinajstić information content (AvgIpc) is 2.80. The van der Waals surface area contributed by atoms with Gasteiger partial charge in [0, 0.05) is 5.02 Å². The number of ether oxygens (including phenoxy) is 1. The van der Waals surface area contributed by atoms with E-state index < -0.39 is 11.8 Å². The lowest BCUT2D eigenvalue weighted by molar-refractivity contribution is -0.120. The van der Waals surface area contributed by atoms with E-state index in [4.69, 9.17) is 27.9 Å². The Morgan fingerprint density at radius 1 is 1.00 bits per heavy atom. The second-order valence-electron chi connectivity index (χ2n) is 5.44. The van der Waals surface area contributed by atoms with Crippen molar-refractivity contribution in [1.29, 1.82) is 0 Å². The maximum Gasteiger partial charge on any atom is 0.283 e. The lowest BCUT2D eigenvalue weighted by Crippen LogP contribution is -2.32. The topological polar surface area (TPSA) is 58.6 Å². The first-order chi connectivity index (χ1) is 11.9. The molecule has 25 heavy (non-hydrogen) atoms. The van der Waals surface area contributed by atoms with Crippen molar-refractivity contribution in [3.05, 3.63) is 63.8 Å². The zero-order valence-corrected chi connectivity index (χ0v) is 15.0. The van der Waals surface area contributed by atoms with Crippen LogP contribution in [0, 0.1) is 6.92 Å². The summed E-state index contributed by atoms with van der Waals surface area (Å²) in [7, 11) is 1.49. The highest BCUT2D eigenvalue weighted by molar-refractivity contribution is 6.53. The van der Waals surface area contributed by atoms with E-state index in [2.05, 4.69) is 5.32 Å². The van der Waals surface area contributed by atoms with Crippen LogP contribution in [-0.4, -0.2) is 18.9 Å². The van der Waals surface area contributed by atoms with Crippen molar-refractivity contribution in [2.75, 3.05) is 17.3 Å². The van der Waals surface area contributed by atoms with Crippen molar-refractivity contribution in [2.45, 2.75) is 6.92 Å². The first-order valence-corrected chi connectivity index (χ1v) is 8.13. The number of hydrogen-bond acceptors (Lipinski definition) is 4. The van der Waals surface area contributed by atoms with Crippen LogP contribution in [0.5, 0.6) is 5.75 Å². The van der Waals surface area contributed by atoms with E-state index in [1.807, 2.05) is 19.1 Å². The van der Waals surface area contributed by atoms with Crippen LogP contribution in [0.2, 0.25) is 5.02 Å². The van der Waals surface area contributed by atoms with Gasteiger partial charge in [-0.1, -0.05) is 40.9 Å². The Kier molecular flexibility index (Phi) is 4.70. The minimum absolute atomic E-state index is 0.0205. The molecule has 1 N–H and O–H groups in total. The summed E-state index contributed by atoms with van der Waals surface area (Å²) in [5, 5.41) is 3.13. The van der Waals surface area contributed by atoms with Crippen LogP contribution in [-0.2, 0) is 9.59 Å². The smallest absolute Gasteiger partial charge is 0.283 e. The summed E-state index contributed by atoms with van der Waals surface area (Å²) >= 11 is 12.1. The van der Waals surface area contributed by atoms with E-state index in [1.54, 1.807) is 30.3 Å². The molecule has 0 atom stereocenters. The number of imide groups is 1. The fraction of sp³-hybridized carbons (Fsp3) is 0.111. The molecule has 1 aliphatic heterocycles. The highest BCUT2D eigenvalue weighted by atomic mass is 35.5. The third kappa shape index (κ3) is 3.21. The Hall–Kier alpha value is -2.50. The van der Waals surface area contributed by atoms with E-state index >= 15 is 0 Å². The van der Waals surface area contributed by atoms with E-state index in [-0.39, 0.29) is 10.7 Å². The van der Waals surface area contributed by atoms with Crippen molar-refractivity contribution in [1.82, 2.24) is 0 Å². The summed E-state index contributed by atoms with van der Waals surface area (Å²) in [5.74, 6) is -0.657. The van der Waals surface area contributed by atoms with Gasteiger partial charge in [0.25, 0.3) is 11.8 Å². The van der Waals surface area contributed by atoms with Crippen LogP contribution in [0.25, 0.3) is 0 Å². The fourth-order valence-corrected chi connectivity index (χ4v) is 2.84. The monoisotopic (exact) mass is 376 g/mol. The normalized spacial score (nSPS) is 14.3. The minimum atomic E-state index is -0.584. The molecule has 0 fully saturated rings. The van der Waals surface area contributed by atoms with Crippen molar-refractivity contribution in [2.24, 2.45) is 0 Å². The number of nitrogens with zero attached hydrogens (tertiary/aromatic N) is 1. The molecule has 0 saturated heterocycles. The van der Waals surface area contributed by atoms with Gasteiger partial charge in [0.2, 0.25) is 0 Å². The predicted octanol–water partition coefficient (Wildman–Crippen LogP) is 4.09. The van der Waals surface area contributed by atoms with Gasteiger partial charge < -0.3 is 10.1 Å². The van der Waals surface area contributed by atoms with E-state index in [9.17, 15) is 9.59 Å². The Bertz CT molecular complexity index is 892. The van der Waals surface area contributed by atoms with Crippen molar-refractivity contribution >= 4 is 46.4 Å². The number of nitrogens with one attached hydrogen (secondary N) is 1. The van der Waals surface area contributed by atoms with Gasteiger partial charge in [0.15, 0.2) is 0 Å². The van der Waals surface area contributed by atoms with E-state index in [1.165, 1.54) is 7.11 Å². The largest absolute Gasteiger partial charge is 0.495 e. The number of aryl methyl sites for hydroxylation is 1. The maximum absolute atomic E-state index is 12.7. The quantitative estimate of drug-likeness (QED) is 0.816. The summed E-state index contributed by atoms with van der Waals surface area (Å²) in [6.07, 6.45) is 0. The third-order valence-electron chi connectivity index (χ3n) is 3.74. The summed E-state index contributed by atoms with van der Waals surface area (Å²) in [6.45, 7) is 1.92. The molecule has 1 aliphatic rings. The van der Waals surface area contributed by atoms with Gasteiger partial charge in [0.05, 0.1) is 18.5 Å². The highest BCUT2D eigenvalue weighted by Crippen LogP contribution is 2.34. The number of halogens is 2. The number of anilines is 2. The first-order valence-electron chi connectivity index (χ1n) is 7.38. The second kappa shape index (κ2) is 6.78. The SMILES string of the molecule is COc1ccc(Cl)cc1NC1=C(Cl)C(=O)N(c2ccc(C)cc2)C1=O. The zero-order chi connectivity index (χ0) is 18.1. The van der Waals surface area contributed by atoms with Crippen LogP contribution in [0.1, 0.15) is 5.56 Å². The molecule has 0 radical (unpaired) electrons. The van der Waals surface area contributed by atoms with Crippen LogP contribution >= 0.6 is 23.2 Å². The Labute approximate surface area is 154 Å². The van der Waals surface area contributed by atoms with Crippen LogP contribution in [0.4, 0.5) is 11.4 Å². The van der Waals surface area contributed by atoms with Gasteiger partial charge in [-0.05, 0) is 37.3 Å². The molecule has 2 aromatic carbocycles. The Morgan fingerprint density at radius 2 is 1.68 bits per heavy atom. The number of benzene rings is 2. The fourth-order valence-electron chi connectivity index (χ4n) is 2.45. The van der Waals surface area contributed by atoms with Crippen LogP contribution in [0.3, 0.4) is 0 Å². The molecule has 128 valence electrons. The summed E-state index contributed by atoms with van der Waals surface area (Å²) in [6, 6.07) is 11.9. The first kappa shape index (κ1) is 17.3. The number of rotatable bonds is 4. The number of carbonyl (C=O) groups excluding carboxylic acids is 2. The molecule has 0 aromatic heterocycles. The maximum atomic E-state index is 12.7. The summed E-state index contributed by atoms with van der Waals surface area (Å²) < 4.78 is 5.24. The molecular weight excluding hydrogens is 363 g/mol. The number of carbonyl (C=O) groups is 2. The van der Waals surface area contributed by atoms with Crippen molar-refractivity contribution < 1.29 is 14.3 Å². The van der Waals surface area contributed by atoms with Crippen LogP contribution in [0.15, 0.2) is 53.2 Å². The van der Waals surface area contributed by atoms with Crippen LogP contribution < -0.4 is 15.0 Å². The molecular formula is C18H14Cl2N2O3. The summed E-state index contributed by atoms with van der Waals surface area (Å²) in [4.78, 5) is 26.2. The van der Waals surface area contributed by atoms with Gasteiger partial charge >= 0.3 is 0 Å². The lowest BCUT2D eigenvalue weighted by Gasteiger charge is -2.16. The van der Waals surface area contributed by atoms with Gasteiger partial charge in [-0.25, -0.2) is 4.90 Å². The minimum Gasteiger partial charge on any atom is -0.495 e. The Balaban J connectivity index is 1.95. The molecule has 5 nitrogen and oxygen atoms in total. The molecule has 2 aromatic rings. The molecule has 0 spiro atoms. The number of amides is 2. The molecule has 0 unspecified atom stereocenters. The molecule has 0 bridgehead atoms. The molecule has 1 heterocycles. The van der Waals surface area contributed by atoms with Gasteiger partial charge in [-0.3, -0.25) is 9.59 Å². The second-order valence-corrected chi connectivity index (χ2v) is 6.25. The zero-order valence-electron chi connectivity index (χ0n) is 13.5. The summed E-state index contributed by atoms with van der Waals surface area (Å²) in [5.41, 5.74) is 1.89. The number of hydrogen-bond donors (Lipinski definition) is 1. The highest BCUT2D eigenvalue weighted by Gasteiger charge is 2.39. The van der Waals surface area contributed by atoms with Crippen molar-refractivity contribution in [3.63, 3.8) is 0 Å². The molecule has 0 saturated carbocycles. The molecule has 2 amide bonds. The van der Waals surface area contributed by atoms with E-state index in [0.29, 0.717) is 22.1 Å². The molecule has 7 heteroatoms. The Morgan fingerprint density at radius 3 is 2.32 bits per heavy atom. The van der Waals surface area contributed by atoms with Gasteiger partial charge in [-0.2, -0.15) is 0 Å². The predicted molar refractivity (Wildman–Crippen MR) is 98.2 cm³/mol. The van der Waals surface area contributed by atoms with Gasteiger partial charge in [0.1, 0.15) is 16.5 Å². The lowest BCUT2D eigenvalue weighted by atomic mass is 10.2. The number of methoxy groups -OCH3 is 1. The molecule has 3 rings (SSSR count). The third-order valence-corrected chi connectivity index (χ3v) is 4.33. The van der Waals surface area contributed by atoms with Crippen molar-refractivity contribution in [3.8, 4) is 5.75 Å².